The summed E-state index contributed by atoms with van der Waals surface area (Å²) in [5.41, 5.74) is 0.554. The molecular formula is C13H19N5O2S. The van der Waals surface area contributed by atoms with E-state index in [9.17, 15) is 8.42 Å². The van der Waals surface area contributed by atoms with Gasteiger partial charge >= 0.3 is 0 Å². The Morgan fingerprint density at radius 1 is 1.29 bits per heavy atom. The summed E-state index contributed by atoms with van der Waals surface area (Å²) in [5, 5.41) is 4.24. The van der Waals surface area contributed by atoms with Gasteiger partial charge < -0.3 is 4.57 Å². The predicted molar refractivity (Wildman–Crippen MR) is 77.3 cm³/mol. The molecule has 0 saturated carbocycles. The first kappa shape index (κ1) is 14.3. The molecule has 2 aromatic rings. The SMILES string of the molecule is CCn1cc(S(=O)(=O)N2CCc3nccn3CC2)c(C)n1. The lowest BCUT2D eigenvalue weighted by Gasteiger charge is -2.19. The van der Waals surface area contributed by atoms with Crippen LogP contribution in [0.5, 0.6) is 0 Å². The van der Waals surface area contributed by atoms with E-state index in [1.165, 1.54) is 4.31 Å². The first-order valence-corrected chi connectivity index (χ1v) is 8.50. The summed E-state index contributed by atoms with van der Waals surface area (Å²) in [6, 6.07) is 0. The molecule has 1 aliphatic rings. The number of imidazole rings is 1. The van der Waals surface area contributed by atoms with Gasteiger partial charge in [0.2, 0.25) is 10.0 Å². The Hall–Kier alpha value is -1.67. The number of rotatable bonds is 3. The summed E-state index contributed by atoms with van der Waals surface area (Å²) in [6.45, 7) is 5.88. The standard InChI is InChI=1S/C13H19N5O2S/c1-3-17-10-12(11(2)15-17)21(19,20)18-6-4-13-14-5-7-16(13)8-9-18/h5,7,10H,3-4,6,8-9H2,1-2H3. The van der Waals surface area contributed by atoms with E-state index in [2.05, 4.69) is 10.1 Å². The molecule has 2 aromatic heterocycles. The van der Waals surface area contributed by atoms with Crippen LogP contribution in [0.2, 0.25) is 0 Å². The number of hydrogen-bond acceptors (Lipinski definition) is 4. The number of hydrogen-bond donors (Lipinski definition) is 0. The van der Waals surface area contributed by atoms with Crippen molar-refractivity contribution in [1.82, 2.24) is 23.6 Å². The van der Waals surface area contributed by atoms with Crippen molar-refractivity contribution in [3.05, 3.63) is 30.1 Å². The summed E-state index contributed by atoms with van der Waals surface area (Å²) >= 11 is 0. The highest BCUT2D eigenvalue weighted by Crippen LogP contribution is 2.21. The van der Waals surface area contributed by atoms with E-state index in [1.807, 2.05) is 17.7 Å². The molecule has 0 radical (unpaired) electrons. The third-order valence-electron chi connectivity index (χ3n) is 3.82. The zero-order valence-electron chi connectivity index (χ0n) is 12.2. The van der Waals surface area contributed by atoms with E-state index < -0.39 is 10.0 Å². The summed E-state index contributed by atoms with van der Waals surface area (Å²) in [4.78, 5) is 4.58. The summed E-state index contributed by atoms with van der Waals surface area (Å²) < 4.78 is 30.8. The molecule has 114 valence electrons. The Morgan fingerprint density at radius 3 is 2.81 bits per heavy atom. The minimum Gasteiger partial charge on any atom is -0.334 e. The second-order valence-electron chi connectivity index (χ2n) is 5.13. The topological polar surface area (TPSA) is 73.0 Å². The Labute approximate surface area is 124 Å². The predicted octanol–water partition coefficient (Wildman–Crippen LogP) is 0.655. The van der Waals surface area contributed by atoms with Gasteiger partial charge in [-0.1, -0.05) is 0 Å². The minimum absolute atomic E-state index is 0.309. The lowest BCUT2D eigenvalue weighted by Crippen LogP contribution is -2.33. The van der Waals surface area contributed by atoms with Crippen LogP contribution in [0.3, 0.4) is 0 Å². The molecule has 0 fully saturated rings. The number of nitrogens with zero attached hydrogens (tertiary/aromatic N) is 5. The van der Waals surface area contributed by atoms with Crippen molar-refractivity contribution in [3.63, 3.8) is 0 Å². The molecule has 3 heterocycles. The average Bonchev–Trinajstić information content (AvgIpc) is 3.00. The smallest absolute Gasteiger partial charge is 0.246 e. The maximum Gasteiger partial charge on any atom is 0.246 e. The molecule has 0 N–H and O–H groups in total. The zero-order valence-corrected chi connectivity index (χ0v) is 13.0. The lowest BCUT2D eigenvalue weighted by atomic mass is 10.4. The molecule has 0 spiro atoms. The molecule has 0 aliphatic carbocycles. The van der Waals surface area contributed by atoms with Crippen molar-refractivity contribution in [2.24, 2.45) is 0 Å². The van der Waals surface area contributed by atoms with Gasteiger partial charge in [0, 0.05) is 51.2 Å². The molecule has 1 aliphatic heterocycles. The van der Waals surface area contributed by atoms with Crippen molar-refractivity contribution in [1.29, 1.82) is 0 Å². The van der Waals surface area contributed by atoms with Gasteiger partial charge in [0.1, 0.15) is 10.7 Å². The molecule has 0 unspecified atom stereocenters. The maximum absolute atomic E-state index is 12.8. The van der Waals surface area contributed by atoms with Crippen molar-refractivity contribution in [3.8, 4) is 0 Å². The van der Waals surface area contributed by atoms with Crippen molar-refractivity contribution < 1.29 is 8.42 Å². The third-order valence-corrected chi connectivity index (χ3v) is 5.82. The van der Waals surface area contributed by atoms with E-state index >= 15 is 0 Å². The molecule has 21 heavy (non-hydrogen) atoms. The van der Waals surface area contributed by atoms with E-state index in [-0.39, 0.29) is 0 Å². The van der Waals surface area contributed by atoms with Gasteiger partial charge in [-0.15, -0.1) is 0 Å². The largest absolute Gasteiger partial charge is 0.334 e. The molecule has 0 bridgehead atoms. The van der Waals surface area contributed by atoms with Crippen LogP contribution in [0.15, 0.2) is 23.5 Å². The molecule has 8 heteroatoms. The highest BCUT2D eigenvalue weighted by molar-refractivity contribution is 7.89. The van der Waals surface area contributed by atoms with Crippen molar-refractivity contribution in [2.45, 2.75) is 38.3 Å². The first-order valence-electron chi connectivity index (χ1n) is 7.06. The fourth-order valence-corrected chi connectivity index (χ4v) is 4.22. The van der Waals surface area contributed by atoms with E-state index in [0.717, 1.165) is 5.82 Å². The summed E-state index contributed by atoms with van der Waals surface area (Å²) in [7, 11) is -3.49. The van der Waals surface area contributed by atoms with Gasteiger partial charge in [0.15, 0.2) is 0 Å². The molecule has 0 aromatic carbocycles. The number of aryl methyl sites for hydroxylation is 2. The number of fused-ring (bicyclic) bond motifs is 1. The van der Waals surface area contributed by atoms with E-state index in [4.69, 9.17) is 0 Å². The van der Waals surface area contributed by atoms with Crippen LogP contribution >= 0.6 is 0 Å². The summed E-state index contributed by atoms with van der Waals surface area (Å²) in [6.07, 6.45) is 5.90. The fourth-order valence-electron chi connectivity index (χ4n) is 2.62. The van der Waals surface area contributed by atoms with Gasteiger partial charge in [-0.3, -0.25) is 4.68 Å². The quantitative estimate of drug-likeness (QED) is 0.835. The van der Waals surface area contributed by atoms with Crippen LogP contribution in [-0.2, 0) is 29.5 Å². The van der Waals surface area contributed by atoms with E-state index in [0.29, 0.717) is 43.2 Å². The number of aromatic nitrogens is 4. The zero-order chi connectivity index (χ0) is 15.0. The highest BCUT2D eigenvalue weighted by atomic mass is 32.2. The van der Waals surface area contributed by atoms with Gasteiger partial charge in [-0.2, -0.15) is 9.40 Å². The molecule has 7 nitrogen and oxygen atoms in total. The molecule has 0 saturated heterocycles. The van der Waals surface area contributed by atoms with Gasteiger partial charge in [-0.05, 0) is 13.8 Å². The monoisotopic (exact) mass is 309 g/mol. The average molecular weight is 309 g/mol. The minimum atomic E-state index is -3.49. The third kappa shape index (κ3) is 2.49. The Morgan fingerprint density at radius 2 is 2.10 bits per heavy atom. The van der Waals surface area contributed by atoms with Crippen LogP contribution in [0, 0.1) is 6.92 Å². The van der Waals surface area contributed by atoms with E-state index in [1.54, 1.807) is 24.0 Å². The highest BCUT2D eigenvalue weighted by Gasteiger charge is 2.29. The second kappa shape index (κ2) is 5.27. The van der Waals surface area contributed by atoms with Gasteiger partial charge in [0.25, 0.3) is 0 Å². The fraction of sp³-hybridized carbons (Fsp3) is 0.538. The summed E-state index contributed by atoms with van der Waals surface area (Å²) in [5.74, 6) is 0.939. The number of sulfonamides is 1. The maximum atomic E-state index is 12.8. The normalized spacial score (nSPS) is 16.7. The van der Waals surface area contributed by atoms with Crippen molar-refractivity contribution in [2.75, 3.05) is 13.1 Å². The van der Waals surface area contributed by atoms with Crippen LogP contribution in [-0.4, -0.2) is 45.1 Å². The molecule has 3 rings (SSSR count). The Balaban J connectivity index is 1.88. The van der Waals surface area contributed by atoms with Crippen LogP contribution in [0.1, 0.15) is 18.4 Å². The second-order valence-corrected chi connectivity index (χ2v) is 7.03. The lowest BCUT2D eigenvalue weighted by molar-refractivity contribution is 0.414. The van der Waals surface area contributed by atoms with Gasteiger partial charge in [0.05, 0.1) is 5.69 Å². The van der Waals surface area contributed by atoms with Crippen molar-refractivity contribution >= 4 is 10.0 Å². The molecule has 0 atom stereocenters. The first-order chi connectivity index (χ1) is 10.0. The Kier molecular flexibility index (Phi) is 3.58. The Bertz CT molecular complexity index is 724. The van der Waals surface area contributed by atoms with Crippen LogP contribution in [0.25, 0.3) is 0 Å². The molecular weight excluding hydrogens is 290 g/mol. The molecule has 0 amide bonds. The van der Waals surface area contributed by atoms with Crippen LogP contribution in [0.4, 0.5) is 0 Å². The van der Waals surface area contributed by atoms with Gasteiger partial charge in [-0.25, -0.2) is 13.4 Å². The van der Waals surface area contributed by atoms with Crippen LogP contribution < -0.4 is 0 Å².